The van der Waals surface area contributed by atoms with Crippen LogP contribution in [0.2, 0.25) is 5.02 Å². The number of hydrogen-bond acceptors (Lipinski definition) is 2. The zero-order chi connectivity index (χ0) is 17.4. The average molecular weight is 347 g/mol. The van der Waals surface area contributed by atoms with Crippen LogP contribution < -0.4 is 0 Å². The Morgan fingerprint density at radius 3 is 2.44 bits per heavy atom. The van der Waals surface area contributed by atoms with Crippen molar-refractivity contribution in [1.29, 1.82) is 0 Å². The third-order valence-corrected chi connectivity index (χ3v) is 4.45. The first-order valence-corrected chi connectivity index (χ1v) is 8.38. The summed E-state index contributed by atoms with van der Waals surface area (Å²) in [7, 11) is 0. The van der Waals surface area contributed by atoms with Crippen molar-refractivity contribution in [2.24, 2.45) is 0 Å². The number of hydrogen-bond donors (Lipinski definition) is 0. The van der Waals surface area contributed by atoms with Crippen LogP contribution in [0.5, 0.6) is 0 Å². The van der Waals surface area contributed by atoms with Gasteiger partial charge in [-0.1, -0.05) is 59.6 Å². The summed E-state index contributed by atoms with van der Waals surface area (Å²) in [4.78, 5) is 12.2. The van der Waals surface area contributed by atoms with E-state index in [1.807, 2.05) is 30.3 Å². The highest BCUT2D eigenvalue weighted by Crippen LogP contribution is 2.30. The first-order chi connectivity index (χ1) is 12.1. The summed E-state index contributed by atoms with van der Waals surface area (Å²) in [5.74, 6) is 0.238. The number of carbonyl (C=O) groups is 1. The molecule has 0 saturated heterocycles. The number of benzene rings is 3. The number of halogens is 1. The number of rotatable bonds is 2. The fourth-order valence-electron chi connectivity index (χ4n) is 2.89. The summed E-state index contributed by atoms with van der Waals surface area (Å²) in [5.41, 5.74) is 3.55. The third kappa shape index (κ3) is 3.21. The van der Waals surface area contributed by atoms with Crippen LogP contribution in [0.3, 0.4) is 0 Å². The molecule has 0 radical (unpaired) electrons. The van der Waals surface area contributed by atoms with Gasteiger partial charge in [-0.25, -0.2) is 4.79 Å². The van der Waals surface area contributed by atoms with Gasteiger partial charge < -0.3 is 4.74 Å². The van der Waals surface area contributed by atoms with Crippen molar-refractivity contribution in [2.75, 3.05) is 0 Å². The average Bonchev–Trinajstić information content (AvgIpc) is 2.97. The summed E-state index contributed by atoms with van der Waals surface area (Å²) < 4.78 is 5.46. The summed E-state index contributed by atoms with van der Waals surface area (Å²) in [6.45, 7) is 2.07. The summed E-state index contributed by atoms with van der Waals surface area (Å²) >= 11 is 5.89. The summed E-state index contributed by atoms with van der Waals surface area (Å²) in [6, 6.07) is 19.7. The van der Waals surface area contributed by atoms with E-state index in [1.54, 1.807) is 24.3 Å². The molecule has 0 unspecified atom stereocenters. The van der Waals surface area contributed by atoms with Crippen LogP contribution in [-0.2, 0) is 9.53 Å². The molecule has 0 aliphatic carbocycles. The Balaban J connectivity index is 1.70. The largest absolute Gasteiger partial charge is 0.422 e. The molecule has 0 amide bonds. The van der Waals surface area contributed by atoms with Crippen molar-refractivity contribution >= 4 is 40.2 Å². The molecule has 0 atom stereocenters. The van der Waals surface area contributed by atoms with Gasteiger partial charge in [0.25, 0.3) is 0 Å². The van der Waals surface area contributed by atoms with Gasteiger partial charge in [0.1, 0.15) is 5.76 Å². The lowest BCUT2D eigenvalue weighted by Crippen LogP contribution is -1.97. The van der Waals surface area contributed by atoms with Crippen molar-refractivity contribution in [3.05, 3.63) is 94.0 Å². The van der Waals surface area contributed by atoms with Gasteiger partial charge in [0.15, 0.2) is 0 Å². The van der Waals surface area contributed by atoms with Crippen molar-refractivity contribution in [1.82, 2.24) is 0 Å². The van der Waals surface area contributed by atoms with Gasteiger partial charge in [-0.2, -0.15) is 0 Å². The topological polar surface area (TPSA) is 26.3 Å². The number of aryl methyl sites for hydroxylation is 1. The van der Waals surface area contributed by atoms with E-state index in [2.05, 4.69) is 25.1 Å². The number of esters is 1. The van der Waals surface area contributed by atoms with Gasteiger partial charge in [-0.3, -0.25) is 0 Å². The van der Waals surface area contributed by atoms with Crippen LogP contribution in [0.4, 0.5) is 0 Å². The molecule has 0 fully saturated rings. The zero-order valence-corrected chi connectivity index (χ0v) is 14.4. The number of cyclic esters (lactones) is 1. The molecule has 3 aromatic rings. The van der Waals surface area contributed by atoms with E-state index in [4.69, 9.17) is 16.3 Å². The summed E-state index contributed by atoms with van der Waals surface area (Å²) in [5, 5.41) is 2.96. The molecule has 1 aliphatic rings. The normalized spacial score (nSPS) is 15.5. The molecule has 0 spiro atoms. The maximum Gasteiger partial charge on any atom is 0.343 e. The SMILES string of the molecule is Cc1ccc2cc(C3=C/C(=C\c4ccc(Cl)cc4)C(=O)O3)ccc2c1. The van der Waals surface area contributed by atoms with Crippen LogP contribution in [0.1, 0.15) is 16.7 Å². The molecule has 0 aromatic heterocycles. The van der Waals surface area contributed by atoms with E-state index < -0.39 is 0 Å². The van der Waals surface area contributed by atoms with E-state index in [1.165, 1.54) is 10.9 Å². The van der Waals surface area contributed by atoms with Gasteiger partial charge in [0.2, 0.25) is 0 Å². The van der Waals surface area contributed by atoms with Crippen LogP contribution in [0.15, 0.2) is 72.3 Å². The predicted molar refractivity (Wildman–Crippen MR) is 102 cm³/mol. The van der Waals surface area contributed by atoms with E-state index in [9.17, 15) is 4.79 Å². The minimum absolute atomic E-state index is 0.339. The second kappa shape index (κ2) is 6.23. The molecule has 122 valence electrons. The molecule has 2 nitrogen and oxygen atoms in total. The highest BCUT2D eigenvalue weighted by atomic mass is 35.5. The monoisotopic (exact) mass is 346 g/mol. The van der Waals surface area contributed by atoms with Crippen LogP contribution >= 0.6 is 11.6 Å². The fourth-order valence-corrected chi connectivity index (χ4v) is 3.01. The minimum atomic E-state index is -0.339. The smallest absolute Gasteiger partial charge is 0.343 e. The molecular formula is C22H15ClO2. The molecule has 1 aliphatic heterocycles. The fraction of sp³-hybridized carbons (Fsp3) is 0.0455. The van der Waals surface area contributed by atoms with Gasteiger partial charge in [-0.05, 0) is 53.6 Å². The zero-order valence-electron chi connectivity index (χ0n) is 13.6. The number of ether oxygens (including phenoxy) is 1. The van der Waals surface area contributed by atoms with Crippen LogP contribution in [0.25, 0.3) is 22.6 Å². The van der Waals surface area contributed by atoms with E-state index in [0.717, 1.165) is 16.5 Å². The second-order valence-electron chi connectivity index (χ2n) is 6.11. The molecule has 3 heteroatoms. The van der Waals surface area contributed by atoms with Gasteiger partial charge >= 0.3 is 5.97 Å². The lowest BCUT2D eigenvalue weighted by atomic mass is 10.0. The number of carbonyl (C=O) groups excluding carboxylic acids is 1. The van der Waals surface area contributed by atoms with Crippen molar-refractivity contribution < 1.29 is 9.53 Å². The Labute approximate surface area is 151 Å². The third-order valence-electron chi connectivity index (χ3n) is 4.20. The highest BCUT2D eigenvalue weighted by Gasteiger charge is 2.22. The summed E-state index contributed by atoms with van der Waals surface area (Å²) in [6.07, 6.45) is 3.59. The molecule has 3 aromatic carbocycles. The highest BCUT2D eigenvalue weighted by molar-refractivity contribution is 6.30. The van der Waals surface area contributed by atoms with Gasteiger partial charge in [0, 0.05) is 10.6 Å². The Kier molecular flexibility index (Phi) is 3.90. The predicted octanol–water partition coefficient (Wildman–Crippen LogP) is 5.78. The molecule has 25 heavy (non-hydrogen) atoms. The van der Waals surface area contributed by atoms with E-state index in [0.29, 0.717) is 16.4 Å². The molecular weight excluding hydrogens is 332 g/mol. The molecule has 1 heterocycles. The first kappa shape index (κ1) is 15.7. The maximum absolute atomic E-state index is 12.2. The lowest BCUT2D eigenvalue weighted by Gasteiger charge is -2.05. The molecule has 0 bridgehead atoms. The minimum Gasteiger partial charge on any atom is -0.422 e. The Bertz CT molecular complexity index is 1040. The van der Waals surface area contributed by atoms with Crippen molar-refractivity contribution in [2.45, 2.75) is 6.92 Å². The first-order valence-electron chi connectivity index (χ1n) is 8.00. The Morgan fingerprint density at radius 2 is 1.64 bits per heavy atom. The molecule has 0 N–H and O–H groups in total. The molecule has 0 saturated carbocycles. The molecule has 4 rings (SSSR count). The second-order valence-corrected chi connectivity index (χ2v) is 6.55. The van der Waals surface area contributed by atoms with Crippen LogP contribution in [0, 0.1) is 6.92 Å². The quantitative estimate of drug-likeness (QED) is 0.434. The van der Waals surface area contributed by atoms with Crippen molar-refractivity contribution in [3.63, 3.8) is 0 Å². The van der Waals surface area contributed by atoms with Crippen molar-refractivity contribution in [3.8, 4) is 0 Å². The Morgan fingerprint density at radius 1 is 0.920 bits per heavy atom. The Hall–Kier alpha value is -2.84. The van der Waals surface area contributed by atoms with E-state index in [-0.39, 0.29) is 5.97 Å². The number of fused-ring (bicyclic) bond motifs is 1. The van der Waals surface area contributed by atoms with Gasteiger partial charge in [-0.15, -0.1) is 0 Å². The van der Waals surface area contributed by atoms with Crippen LogP contribution in [-0.4, -0.2) is 5.97 Å². The van der Waals surface area contributed by atoms with E-state index >= 15 is 0 Å². The standard InChI is InChI=1S/C22H15ClO2/c1-14-2-5-17-12-18(7-6-16(17)10-14)21-13-19(22(24)25-21)11-15-3-8-20(23)9-4-15/h2-13H,1H3/b19-11+. The maximum atomic E-state index is 12.2. The lowest BCUT2D eigenvalue weighted by molar-refractivity contribution is -0.130. The van der Waals surface area contributed by atoms with Gasteiger partial charge in [0.05, 0.1) is 5.57 Å².